The van der Waals surface area contributed by atoms with E-state index in [9.17, 15) is 10.1 Å². The van der Waals surface area contributed by atoms with E-state index >= 15 is 0 Å². The first-order valence-corrected chi connectivity index (χ1v) is 6.67. The topological polar surface area (TPSA) is 64.4 Å². The third-order valence-corrected chi connectivity index (χ3v) is 3.79. The number of hydrogen-bond donors (Lipinski definition) is 1. The number of nitrogens with one attached hydrogen (secondary N) is 1. The Labute approximate surface area is 117 Å². The van der Waals surface area contributed by atoms with Crippen LogP contribution in [0.2, 0.25) is 5.02 Å². The van der Waals surface area contributed by atoms with Crippen LogP contribution in [0.25, 0.3) is 0 Å². The van der Waals surface area contributed by atoms with Crippen molar-refractivity contribution in [2.75, 3.05) is 13.6 Å². The van der Waals surface area contributed by atoms with E-state index in [1.54, 1.807) is 12.1 Å². The minimum absolute atomic E-state index is 0.0265. The zero-order chi connectivity index (χ0) is 13.8. The summed E-state index contributed by atoms with van der Waals surface area (Å²) in [6.07, 6.45) is 2.19. The van der Waals surface area contributed by atoms with Crippen molar-refractivity contribution < 1.29 is 9.66 Å². The Morgan fingerprint density at radius 2 is 2.26 bits per heavy atom. The van der Waals surface area contributed by atoms with Crippen LogP contribution >= 0.6 is 11.6 Å². The van der Waals surface area contributed by atoms with Crippen molar-refractivity contribution in [3.8, 4) is 0 Å². The maximum absolute atomic E-state index is 10.9. The van der Waals surface area contributed by atoms with Crippen LogP contribution in [0.3, 0.4) is 0 Å². The van der Waals surface area contributed by atoms with E-state index < -0.39 is 4.92 Å². The third kappa shape index (κ3) is 3.43. The molecule has 2 rings (SSSR count). The normalized spacial score (nSPS) is 22.0. The van der Waals surface area contributed by atoms with Crippen LogP contribution in [0, 0.1) is 16.0 Å². The highest BCUT2D eigenvalue weighted by atomic mass is 35.5. The minimum atomic E-state index is -0.421. The Bertz CT molecular complexity index is 461. The van der Waals surface area contributed by atoms with Gasteiger partial charge in [-0.3, -0.25) is 10.1 Å². The molecule has 0 aromatic heterocycles. The van der Waals surface area contributed by atoms with Crippen molar-refractivity contribution in [2.45, 2.75) is 25.6 Å². The molecule has 0 heterocycles. The van der Waals surface area contributed by atoms with Gasteiger partial charge in [-0.2, -0.15) is 0 Å². The van der Waals surface area contributed by atoms with Gasteiger partial charge in [0.05, 0.1) is 28.2 Å². The lowest BCUT2D eigenvalue weighted by Crippen LogP contribution is -2.36. The molecule has 0 spiro atoms. The van der Waals surface area contributed by atoms with Crippen LogP contribution in [-0.2, 0) is 11.3 Å². The predicted molar refractivity (Wildman–Crippen MR) is 73.3 cm³/mol. The standard InChI is InChI=1S/C13H17ClN2O3/c1-15-7-9-5-10(6-9)19-8-11-12(14)3-2-4-13(11)16(17)18/h2-4,9-10,15H,5-8H2,1H3. The molecule has 0 aliphatic heterocycles. The third-order valence-electron chi connectivity index (χ3n) is 3.44. The Balaban J connectivity index is 1.92. The molecule has 5 nitrogen and oxygen atoms in total. The van der Waals surface area contributed by atoms with Crippen LogP contribution in [0.15, 0.2) is 18.2 Å². The Morgan fingerprint density at radius 3 is 2.89 bits per heavy atom. The maximum atomic E-state index is 10.9. The first kappa shape index (κ1) is 14.2. The van der Waals surface area contributed by atoms with Gasteiger partial charge >= 0.3 is 0 Å². The molecule has 1 aromatic rings. The Kier molecular flexibility index (Phi) is 4.74. The fourth-order valence-electron chi connectivity index (χ4n) is 2.33. The first-order valence-electron chi connectivity index (χ1n) is 6.29. The van der Waals surface area contributed by atoms with Gasteiger partial charge in [0.25, 0.3) is 5.69 Å². The average molecular weight is 285 g/mol. The quantitative estimate of drug-likeness (QED) is 0.644. The molecule has 19 heavy (non-hydrogen) atoms. The Morgan fingerprint density at radius 1 is 1.53 bits per heavy atom. The molecule has 104 valence electrons. The SMILES string of the molecule is CNCC1CC(OCc2c(Cl)cccc2[N+](=O)[O-])C1. The van der Waals surface area contributed by atoms with Gasteiger partial charge in [0.2, 0.25) is 0 Å². The number of hydrogen-bond acceptors (Lipinski definition) is 4. The molecule has 1 aliphatic rings. The van der Waals surface area contributed by atoms with Gasteiger partial charge in [-0.25, -0.2) is 0 Å². The smallest absolute Gasteiger partial charge is 0.276 e. The molecule has 0 atom stereocenters. The summed E-state index contributed by atoms with van der Waals surface area (Å²) in [5.74, 6) is 0.649. The summed E-state index contributed by atoms with van der Waals surface area (Å²) < 4.78 is 5.70. The summed E-state index contributed by atoms with van der Waals surface area (Å²) in [5.41, 5.74) is 0.491. The second-order valence-corrected chi connectivity index (χ2v) is 5.23. The van der Waals surface area contributed by atoms with Gasteiger partial charge in [-0.05, 0) is 38.4 Å². The summed E-state index contributed by atoms with van der Waals surface area (Å²) in [5, 5.41) is 14.4. The summed E-state index contributed by atoms with van der Waals surface area (Å²) >= 11 is 6.00. The van der Waals surface area contributed by atoms with E-state index in [1.807, 2.05) is 7.05 Å². The minimum Gasteiger partial charge on any atom is -0.373 e. The number of halogens is 1. The number of ether oxygens (including phenoxy) is 1. The highest BCUT2D eigenvalue weighted by Crippen LogP contribution is 2.32. The number of benzene rings is 1. The molecular formula is C13H17ClN2O3. The lowest BCUT2D eigenvalue weighted by molar-refractivity contribution is -0.386. The molecule has 0 unspecified atom stereocenters. The van der Waals surface area contributed by atoms with E-state index in [1.165, 1.54) is 6.07 Å². The second-order valence-electron chi connectivity index (χ2n) is 4.82. The van der Waals surface area contributed by atoms with E-state index in [0.717, 1.165) is 19.4 Å². The molecule has 0 amide bonds. The molecule has 1 aromatic carbocycles. The lowest BCUT2D eigenvalue weighted by atomic mass is 9.82. The molecule has 1 fully saturated rings. The van der Waals surface area contributed by atoms with Crippen molar-refractivity contribution in [3.05, 3.63) is 38.9 Å². The zero-order valence-corrected chi connectivity index (χ0v) is 11.5. The molecular weight excluding hydrogens is 268 g/mol. The van der Waals surface area contributed by atoms with Crippen molar-refractivity contribution in [1.29, 1.82) is 0 Å². The van der Waals surface area contributed by atoms with Crippen molar-refractivity contribution in [3.63, 3.8) is 0 Å². The van der Waals surface area contributed by atoms with Crippen molar-refractivity contribution >= 4 is 17.3 Å². The monoisotopic (exact) mass is 284 g/mol. The summed E-state index contributed by atoms with van der Waals surface area (Å²) in [6.45, 7) is 1.19. The van der Waals surface area contributed by atoms with Crippen molar-refractivity contribution in [1.82, 2.24) is 5.32 Å². The van der Waals surface area contributed by atoms with Crippen LogP contribution in [0.5, 0.6) is 0 Å². The fourth-order valence-corrected chi connectivity index (χ4v) is 2.55. The largest absolute Gasteiger partial charge is 0.373 e. The summed E-state index contributed by atoms with van der Waals surface area (Å²) in [4.78, 5) is 10.5. The maximum Gasteiger partial charge on any atom is 0.276 e. The zero-order valence-electron chi connectivity index (χ0n) is 10.8. The van der Waals surface area contributed by atoms with Gasteiger partial charge in [0.1, 0.15) is 0 Å². The predicted octanol–water partition coefficient (Wildman–Crippen LogP) is 2.76. The number of nitro benzene ring substituents is 1. The van der Waals surface area contributed by atoms with Crippen LogP contribution in [0.1, 0.15) is 18.4 Å². The highest BCUT2D eigenvalue weighted by molar-refractivity contribution is 6.31. The lowest BCUT2D eigenvalue weighted by Gasteiger charge is -2.35. The van der Waals surface area contributed by atoms with E-state index in [4.69, 9.17) is 16.3 Å². The number of nitrogens with zero attached hydrogens (tertiary/aromatic N) is 1. The molecule has 0 saturated heterocycles. The summed E-state index contributed by atoms with van der Waals surface area (Å²) in [7, 11) is 1.93. The molecule has 1 saturated carbocycles. The fraction of sp³-hybridized carbons (Fsp3) is 0.538. The molecule has 0 bridgehead atoms. The first-order chi connectivity index (χ1) is 9.11. The molecule has 1 N–H and O–H groups in total. The molecule has 0 radical (unpaired) electrons. The van der Waals surface area contributed by atoms with E-state index in [2.05, 4.69) is 5.32 Å². The van der Waals surface area contributed by atoms with E-state index in [0.29, 0.717) is 16.5 Å². The Hall–Kier alpha value is -1.17. The number of rotatable bonds is 6. The average Bonchev–Trinajstić information content (AvgIpc) is 2.32. The molecule has 1 aliphatic carbocycles. The van der Waals surface area contributed by atoms with Crippen molar-refractivity contribution in [2.24, 2.45) is 5.92 Å². The van der Waals surface area contributed by atoms with Crippen LogP contribution in [-0.4, -0.2) is 24.6 Å². The van der Waals surface area contributed by atoms with Crippen LogP contribution in [0.4, 0.5) is 5.69 Å². The van der Waals surface area contributed by atoms with Gasteiger partial charge < -0.3 is 10.1 Å². The van der Waals surface area contributed by atoms with Crippen LogP contribution < -0.4 is 5.32 Å². The van der Waals surface area contributed by atoms with Gasteiger partial charge in [-0.1, -0.05) is 17.7 Å². The second kappa shape index (κ2) is 6.32. The summed E-state index contributed by atoms with van der Waals surface area (Å²) in [6, 6.07) is 4.68. The highest BCUT2D eigenvalue weighted by Gasteiger charge is 2.30. The molecule has 6 heteroatoms. The van der Waals surface area contributed by atoms with Gasteiger partial charge in [0.15, 0.2) is 0 Å². The van der Waals surface area contributed by atoms with Gasteiger partial charge in [0, 0.05) is 6.07 Å². The number of nitro groups is 1. The van der Waals surface area contributed by atoms with Gasteiger partial charge in [-0.15, -0.1) is 0 Å². The van der Waals surface area contributed by atoms with E-state index in [-0.39, 0.29) is 18.4 Å².